The number of fused-ring (bicyclic) bond motifs is 1. The predicted octanol–water partition coefficient (Wildman–Crippen LogP) is 3.68. The SMILES string of the molecule is CCOCc1ccc(C)c2ccccc12. The standard InChI is InChI=1S/C14H16O/c1-3-15-10-12-9-8-11(2)13-6-4-5-7-14(12)13/h4-9H,3,10H2,1-2H3. The highest BCUT2D eigenvalue weighted by molar-refractivity contribution is 5.88. The zero-order valence-corrected chi connectivity index (χ0v) is 9.29. The number of hydrogen-bond donors (Lipinski definition) is 0. The van der Waals surface area contributed by atoms with Gasteiger partial charge in [0.05, 0.1) is 6.61 Å². The lowest BCUT2D eigenvalue weighted by Gasteiger charge is -2.08. The fourth-order valence-electron chi connectivity index (χ4n) is 1.85. The summed E-state index contributed by atoms with van der Waals surface area (Å²) in [5, 5.41) is 2.64. The molecule has 0 unspecified atom stereocenters. The van der Waals surface area contributed by atoms with E-state index < -0.39 is 0 Å². The second-order valence-corrected chi connectivity index (χ2v) is 3.72. The minimum atomic E-state index is 0.706. The second-order valence-electron chi connectivity index (χ2n) is 3.72. The Balaban J connectivity index is 2.51. The lowest BCUT2D eigenvalue weighted by Crippen LogP contribution is -1.93. The molecule has 0 aliphatic rings. The van der Waals surface area contributed by atoms with Gasteiger partial charge in [0, 0.05) is 6.61 Å². The Labute approximate surface area is 90.7 Å². The molecule has 0 heterocycles. The van der Waals surface area contributed by atoms with Gasteiger partial charge in [-0.3, -0.25) is 0 Å². The Morgan fingerprint density at radius 1 is 1.00 bits per heavy atom. The maximum atomic E-state index is 5.47. The van der Waals surface area contributed by atoms with E-state index in [2.05, 4.69) is 43.3 Å². The van der Waals surface area contributed by atoms with Crippen LogP contribution >= 0.6 is 0 Å². The zero-order valence-electron chi connectivity index (χ0n) is 9.29. The quantitative estimate of drug-likeness (QED) is 0.734. The summed E-state index contributed by atoms with van der Waals surface area (Å²) in [6.45, 7) is 5.64. The molecule has 2 aromatic rings. The summed E-state index contributed by atoms with van der Waals surface area (Å²) in [5.74, 6) is 0. The highest BCUT2D eigenvalue weighted by atomic mass is 16.5. The van der Waals surface area contributed by atoms with Gasteiger partial charge in [0.15, 0.2) is 0 Å². The molecule has 0 saturated carbocycles. The van der Waals surface area contributed by atoms with Gasteiger partial charge in [-0.15, -0.1) is 0 Å². The third-order valence-corrected chi connectivity index (χ3v) is 2.69. The van der Waals surface area contributed by atoms with Gasteiger partial charge in [0.2, 0.25) is 0 Å². The molecule has 0 fully saturated rings. The maximum absolute atomic E-state index is 5.47. The Kier molecular flexibility index (Phi) is 3.02. The Morgan fingerprint density at radius 2 is 1.73 bits per heavy atom. The van der Waals surface area contributed by atoms with Crippen LogP contribution in [0.2, 0.25) is 0 Å². The lowest BCUT2D eigenvalue weighted by molar-refractivity contribution is 0.135. The van der Waals surface area contributed by atoms with Gasteiger partial charge in [-0.05, 0) is 35.7 Å². The van der Waals surface area contributed by atoms with E-state index in [1.807, 2.05) is 6.92 Å². The number of rotatable bonds is 3. The highest BCUT2D eigenvalue weighted by Gasteiger charge is 2.02. The Hall–Kier alpha value is -1.34. The number of ether oxygens (including phenoxy) is 1. The molecular formula is C14H16O. The summed E-state index contributed by atoms with van der Waals surface area (Å²) in [5.41, 5.74) is 2.60. The Bertz CT molecular complexity index is 460. The van der Waals surface area contributed by atoms with Crippen LogP contribution in [0, 0.1) is 6.92 Å². The summed E-state index contributed by atoms with van der Waals surface area (Å²) in [6.07, 6.45) is 0. The van der Waals surface area contributed by atoms with Gasteiger partial charge >= 0.3 is 0 Å². The summed E-state index contributed by atoms with van der Waals surface area (Å²) >= 11 is 0. The van der Waals surface area contributed by atoms with E-state index >= 15 is 0 Å². The summed E-state index contributed by atoms with van der Waals surface area (Å²) in [7, 11) is 0. The molecule has 0 radical (unpaired) electrons. The monoisotopic (exact) mass is 200 g/mol. The molecule has 0 aliphatic heterocycles. The summed E-state index contributed by atoms with van der Waals surface area (Å²) < 4.78 is 5.47. The van der Waals surface area contributed by atoms with Gasteiger partial charge in [-0.2, -0.15) is 0 Å². The Morgan fingerprint density at radius 3 is 2.47 bits per heavy atom. The second kappa shape index (κ2) is 4.45. The van der Waals surface area contributed by atoms with E-state index in [0.29, 0.717) is 6.61 Å². The van der Waals surface area contributed by atoms with Crippen molar-refractivity contribution >= 4 is 10.8 Å². The van der Waals surface area contributed by atoms with Crippen molar-refractivity contribution in [3.8, 4) is 0 Å². The number of benzene rings is 2. The van der Waals surface area contributed by atoms with Crippen molar-refractivity contribution in [1.29, 1.82) is 0 Å². The normalized spacial score (nSPS) is 10.8. The van der Waals surface area contributed by atoms with Gasteiger partial charge < -0.3 is 4.74 Å². The topological polar surface area (TPSA) is 9.23 Å². The molecule has 0 aromatic heterocycles. The molecule has 0 aliphatic carbocycles. The average molecular weight is 200 g/mol. The van der Waals surface area contributed by atoms with Gasteiger partial charge in [0.25, 0.3) is 0 Å². The van der Waals surface area contributed by atoms with Crippen molar-refractivity contribution in [3.05, 3.63) is 47.5 Å². The van der Waals surface area contributed by atoms with Crippen LogP contribution in [-0.4, -0.2) is 6.61 Å². The van der Waals surface area contributed by atoms with Crippen LogP contribution in [-0.2, 0) is 11.3 Å². The molecule has 15 heavy (non-hydrogen) atoms. The minimum absolute atomic E-state index is 0.706. The van der Waals surface area contributed by atoms with E-state index in [1.165, 1.54) is 21.9 Å². The van der Waals surface area contributed by atoms with Crippen molar-refractivity contribution < 1.29 is 4.74 Å². The molecule has 0 atom stereocenters. The van der Waals surface area contributed by atoms with Gasteiger partial charge in [-0.25, -0.2) is 0 Å². The van der Waals surface area contributed by atoms with Crippen LogP contribution in [0.1, 0.15) is 18.1 Å². The number of hydrogen-bond acceptors (Lipinski definition) is 1. The molecule has 1 nitrogen and oxygen atoms in total. The minimum Gasteiger partial charge on any atom is -0.377 e. The van der Waals surface area contributed by atoms with Crippen LogP contribution in [0.5, 0.6) is 0 Å². The van der Waals surface area contributed by atoms with E-state index in [9.17, 15) is 0 Å². The smallest absolute Gasteiger partial charge is 0.0722 e. The van der Waals surface area contributed by atoms with Crippen molar-refractivity contribution in [3.63, 3.8) is 0 Å². The first-order chi connectivity index (χ1) is 7.33. The van der Waals surface area contributed by atoms with Crippen molar-refractivity contribution in [2.75, 3.05) is 6.61 Å². The van der Waals surface area contributed by atoms with Crippen LogP contribution in [0.25, 0.3) is 10.8 Å². The van der Waals surface area contributed by atoms with Crippen LogP contribution in [0.15, 0.2) is 36.4 Å². The maximum Gasteiger partial charge on any atom is 0.0722 e. The lowest BCUT2D eigenvalue weighted by atomic mass is 10.0. The van der Waals surface area contributed by atoms with E-state index in [0.717, 1.165) is 6.61 Å². The molecule has 0 bridgehead atoms. The van der Waals surface area contributed by atoms with Crippen molar-refractivity contribution in [2.24, 2.45) is 0 Å². The van der Waals surface area contributed by atoms with E-state index in [4.69, 9.17) is 4.74 Å². The fraction of sp³-hybridized carbons (Fsp3) is 0.286. The molecule has 0 saturated heterocycles. The molecule has 1 heteroatoms. The number of aryl methyl sites for hydroxylation is 1. The first kappa shape index (κ1) is 10.2. The fourth-order valence-corrected chi connectivity index (χ4v) is 1.85. The molecule has 2 rings (SSSR count). The largest absolute Gasteiger partial charge is 0.377 e. The van der Waals surface area contributed by atoms with Crippen molar-refractivity contribution in [1.82, 2.24) is 0 Å². The predicted molar refractivity (Wildman–Crippen MR) is 64.0 cm³/mol. The molecular weight excluding hydrogens is 184 g/mol. The summed E-state index contributed by atoms with van der Waals surface area (Å²) in [6, 6.07) is 12.8. The molecule has 0 spiro atoms. The third kappa shape index (κ3) is 2.02. The van der Waals surface area contributed by atoms with Gasteiger partial charge in [0.1, 0.15) is 0 Å². The zero-order chi connectivity index (χ0) is 10.7. The summed E-state index contributed by atoms with van der Waals surface area (Å²) in [4.78, 5) is 0. The van der Waals surface area contributed by atoms with Crippen LogP contribution in [0.4, 0.5) is 0 Å². The van der Waals surface area contributed by atoms with Crippen molar-refractivity contribution in [2.45, 2.75) is 20.5 Å². The van der Waals surface area contributed by atoms with E-state index in [-0.39, 0.29) is 0 Å². The third-order valence-electron chi connectivity index (χ3n) is 2.69. The van der Waals surface area contributed by atoms with E-state index in [1.54, 1.807) is 0 Å². The molecule has 2 aromatic carbocycles. The molecule has 0 amide bonds. The molecule has 78 valence electrons. The van der Waals surface area contributed by atoms with Crippen LogP contribution in [0.3, 0.4) is 0 Å². The highest BCUT2D eigenvalue weighted by Crippen LogP contribution is 2.22. The van der Waals surface area contributed by atoms with Crippen LogP contribution < -0.4 is 0 Å². The molecule has 0 N–H and O–H groups in total. The average Bonchev–Trinajstić information content (AvgIpc) is 2.29. The first-order valence-electron chi connectivity index (χ1n) is 5.38. The van der Waals surface area contributed by atoms with Gasteiger partial charge in [-0.1, -0.05) is 36.4 Å². The first-order valence-corrected chi connectivity index (χ1v) is 5.38.